The van der Waals surface area contributed by atoms with Crippen molar-refractivity contribution >= 4 is 25.5 Å². The van der Waals surface area contributed by atoms with Gasteiger partial charge in [-0.3, -0.25) is 14.4 Å². The Balaban J connectivity index is 2.19. The summed E-state index contributed by atoms with van der Waals surface area (Å²) < 4.78 is 0. The molecule has 1 saturated carbocycles. The molecule has 0 aromatic heterocycles. The standard InChI is InChI=1S/C18H31BN4O3/c1-10(20-5)15(24)22-14(18(2,3)4)16(25)23-9-8-11-6-7-12(13(11)23)21-17(19)26/h10-14,20H,6-9H2,1-5H3,(H,21,26)(H,22,24)/t10-,11+,12-,13-,14?/m0/s1. The van der Waals surface area contributed by atoms with Gasteiger partial charge in [-0.15, -0.1) is 0 Å². The second-order valence-electron chi connectivity index (χ2n) is 8.58. The van der Waals surface area contributed by atoms with E-state index in [1.807, 2.05) is 25.7 Å². The largest absolute Gasteiger partial charge is 0.361 e. The van der Waals surface area contributed by atoms with E-state index in [9.17, 15) is 14.4 Å². The zero-order valence-corrected chi connectivity index (χ0v) is 16.5. The van der Waals surface area contributed by atoms with Crippen LogP contribution in [-0.2, 0) is 9.59 Å². The Morgan fingerprint density at radius 3 is 2.35 bits per heavy atom. The molecule has 3 N–H and O–H groups in total. The summed E-state index contributed by atoms with van der Waals surface area (Å²) in [6.07, 6.45) is 2.72. The molecule has 0 bridgehead atoms. The van der Waals surface area contributed by atoms with Crippen molar-refractivity contribution in [3.05, 3.63) is 0 Å². The average molecular weight is 362 g/mol. The number of nitrogens with zero attached hydrogens (tertiary/aromatic N) is 1. The van der Waals surface area contributed by atoms with Gasteiger partial charge in [-0.25, -0.2) is 0 Å². The molecule has 1 heterocycles. The first-order chi connectivity index (χ1) is 12.1. The molecule has 2 fully saturated rings. The van der Waals surface area contributed by atoms with Crippen molar-refractivity contribution < 1.29 is 14.4 Å². The van der Waals surface area contributed by atoms with Gasteiger partial charge >= 0.3 is 0 Å². The number of rotatable bonds is 5. The van der Waals surface area contributed by atoms with Gasteiger partial charge in [0, 0.05) is 12.6 Å². The third-order valence-corrected chi connectivity index (χ3v) is 5.68. The predicted octanol–water partition coefficient (Wildman–Crippen LogP) is 0.383. The third-order valence-electron chi connectivity index (χ3n) is 5.68. The second kappa shape index (κ2) is 7.98. The minimum Gasteiger partial charge on any atom is -0.361 e. The first kappa shape index (κ1) is 20.7. The Morgan fingerprint density at radius 2 is 1.81 bits per heavy atom. The normalized spacial score (nSPS) is 27.6. The molecule has 1 aliphatic carbocycles. The van der Waals surface area contributed by atoms with Gasteiger partial charge in [0.2, 0.25) is 19.7 Å². The minimum atomic E-state index is -0.626. The highest BCUT2D eigenvalue weighted by atomic mass is 16.2. The lowest BCUT2D eigenvalue weighted by molar-refractivity contribution is -0.141. The van der Waals surface area contributed by atoms with E-state index in [4.69, 9.17) is 7.85 Å². The molecule has 1 unspecified atom stereocenters. The van der Waals surface area contributed by atoms with E-state index in [1.165, 1.54) is 0 Å². The maximum atomic E-state index is 13.4. The van der Waals surface area contributed by atoms with Crippen LogP contribution in [0.2, 0.25) is 0 Å². The van der Waals surface area contributed by atoms with E-state index in [0.717, 1.165) is 19.3 Å². The van der Waals surface area contributed by atoms with Gasteiger partial charge in [0.15, 0.2) is 5.81 Å². The highest BCUT2D eigenvalue weighted by Gasteiger charge is 2.49. The van der Waals surface area contributed by atoms with Crippen LogP contribution < -0.4 is 16.0 Å². The molecular weight excluding hydrogens is 331 g/mol. The number of carbonyl (C=O) groups excluding carboxylic acids is 3. The molecule has 0 spiro atoms. The topological polar surface area (TPSA) is 90.5 Å². The molecule has 1 aliphatic heterocycles. The highest BCUT2D eigenvalue weighted by Crippen LogP contribution is 2.39. The summed E-state index contributed by atoms with van der Waals surface area (Å²) in [4.78, 5) is 38.9. The van der Waals surface area contributed by atoms with Crippen LogP contribution >= 0.6 is 0 Å². The van der Waals surface area contributed by atoms with Crippen LogP contribution in [-0.4, -0.2) is 68.1 Å². The van der Waals surface area contributed by atoms with Gasteiger partial charge in [-0.2, -0.15) is 0 Å². The molecule has 26 heavy (non-hydrogen) atoms. The predicted molar refractivity (Wildman–Crippen MR) is 101 cm³/mol. The molecular formula is C18H31BN4O3. The Morgan fingerprint density at radius 1 is 1.15 bits per heavy atom. The molecule has 1 saturated heterocycles. The maximum Gasteiger partial charge on any atom is 0.246 e. The summed E-state index contributed by atoms with van der Waals surface area (Å²) >= 11 is 0. The number of likely N-dealkylation sites (tertiary alicyclic amines) is 1. The Bertz CT molecular complexity index is 563. The van der Waals surface area contributed by atoms with Gasteiger partial charge in [-0.1, -0.05) is 20.8 Å². The van der Waals surface area contributed by atoms with Gasteiger partial charge < -0.3 is 20.9 Å². The molecule has 2 radical (unpaired) electrons. The minimum absolute atomic E-state index is 0.0431. The SMILES string of the molecule is [B]C(=O)N[C@H]1CC[C@@H]2CCN(C(=O)C(NC(=O)[C@H](C)NC)C(C)(C)C)[C@@H]21. The van der Waals surface area contributed by atoms with Gasteiger partial charge in [0.1, 0.15) is 6.04 Å². The van der Waals surface area contributed by atoms with E-state index < -0.39 is 17.3 Å². The quantitative estimate of drug-likeness (QED) is 0.617. The molecule has 5 atom stereocenters. The lowest BCUT2D eigenvalue weighted by Crippen LogP contribution is -2.60. The van der Waals surface area contributed by atoms with Crippen molar-refractivity contribution in [2.75, 3.05) is 13.6 Å². The van der Waals surface area contributed by atoms with Crippen molar-refractivity contribution in [3.63, 3.8) is 0 Å². The van der Waals surface area contributed by atoms with E-state index in [0.29, 0.717) is 12.5 Å². The van der Waals surface area contributed by atoms with E-state index in [1.54, 1.807) is 14.0 Å². The fourth-order valence-corrected chi connectivity index (χ4v) is 4.11. The molecule has 2 aliphatic rings. The van der Waals surface area contributed by atoms with Crippen molar-refractivity contribution in [2.45, 2.75) is 71.1 Å². The number of nitrogens with one attached hydrogen (secondary N) is 3. The van der Waals surface area contributed by atoms with Crippen LogP contribution in [0.25, 0.3) is 0 Å². The molecule has 0 aromatic carbocycles. The molecule has 144 valence electrons. The number of fused-ring (bicyclic) bond motifs is 1. The number of likely N-dealkylation sites (N-methyl/N-ethyl adjacent to an activating group) is 1. The highest BCUT2D eigenvalue weighted by molar-refractivity contribution is 6.57. The van der Waals surface area contributed by atoms with E-state index in [2.05, 4.69) is 16.0 Å². The first-order valence-electron chi connectivity index (χ1n) is 9.40. The van der Waals surface area contributed by atoms with E-state index >= 15 is 0 Å². The molecule has 8 heteroatoms. The van der Waals surface area contributed by atoms with Crippen LogP contribution in [0.4, 0.5) is 4.79 Å². The monoisotopic (exact) mass is 362 g/mol. The molecule has 3 amide bonds. The van der Waals surface area contributed by atoms with Crippen LogP contribution in [0.15, 0.2) is 0 Å². The molecule has 0 aromatic rings. The zero-order valence-electron chi connectivity index (χ0n) is 16.5. The fourth-order valence-electron chi connectivity index (χ4n) is 4.11. The Labute approximate surface area is 157 Å². The summed E-state index contributed by atoms with van der Waals surface area (Å²) in [6.45, 7) is 8.24. The second-order valence-corrected chi connectivity index (χ2v) is 8.58. The van der Waals surface area contributed by atoms with Crippen LogP contribution in [0, 0.1) is 11.3 Å². The fraction of sp³-hybridized carbons (Fsp3) is 0.833. The smallest absolute Gasteiger partial charge is 0.246 e. The van der Waals surface area contributed by atoms with Crippen molar-refractivity contribution in [3.8, 4) is 0 Å². The van der Waals surface area contributed by atoms with Gasteiger partial charge in [0.05, 0.1) is 12.1 Å². The van der Waals surface area contributed by atoms with Gasteiger partial charge in [0.25, 0.3) is 0 Å². The van der Waals surface area contributed by atoms with Crippen molar-refractivity contribution in [2.24, 2.45) is 11.3 Å². The lowest BCUT2D eigenvalue weighted by atomic mass is 9.85. The Kier molecular flexibility index (Phi) is 6.37. The summed E-state index contributed by atoms with van der Waals surface area (Å²) in [6, 6.07) is -1.16. The first-order valence-corrected chi connectivity index (χ1v) is 9.40. The zero-order chi connectivity index (χ0) is 19.6. The summed E-state index contributed by atoms with van der Waals surface area (Å²) in [5.41, 5.74) is -0.427. The average Bonchev–Trinajstić information content (AvgIpc) is 3.12. The maximum absolute atomic E-state index is 13.4. The summed E-state index contributed by atoms with van der Waals surface area (Å²) in [7, 11) is 7.01. The molecule has 2 rings (SSSR count). The third kappa shape index (κ3) is 4.39. The number of carbonyl (C=O) groups is 3. The Hall–Kier alpha value is -1.57. The number of hydrogen-bond acceptors (Lipinski definition) is 4. The van der Waals surface area contributed by atoms with Crippen LogP contribution in [0.1, 0.15) is 47.0 Å². The lowest BCUT2D eigenvalue weighted by Gasteiger charge is -2.37. The van der Waals surface area contributed by atoms with Crippen molar-refractivity contribution in [1.29, 1.82) is 0 Å². The summed E-state index contributed by atoms with van der Waals surface area (Å²) in [5, 5.41) is 8.60. The number of hydrogen-bond donors (Lipinski definition) is 3. The van der Waals surface area contributed by atoms with Gasteiger partial charge in [-0.05, 0) is 44.6 Å². The summed E-state index contributed by atoms with van der Waals surface area (Å²) in [5.74, 6) is -0.462. The van der Waals surface area contributed by atoms with Crippen LogP contribution in [0.3, 0.4) is 0 Å². The van der Waals surface area contributed by atoms with E-state index in [-0.39, 0.29) is 29.9 Å². The number of amides is 3. The molecule has 7 nitrogen and oxygen atoms in total. The van der Waals surface area contributed by atoms with Crippen LogP contribution in [0.5, 0.6) is 0 Å². The van der Waals surface area contributed by atoms with Crippen molar-refractivity contribution in [1.82, 2.24) is 20.9 Å².